The molecule has 1 aliphatic rings. The summed E-state index contributed by atoms with van der Waals surface area (Å²) in [5.41, 5.74) is 2.48. The Balaban J connectivity index is 1.44. The highest BCUT2D eigenvalue weighted by atomic mass is 32.2. The van der Waals surface area contributed by atoms with Crippen LogP contribution in [-0.2, 0) is 26.4 Å². The molecule has 0 saturated carbocycles. The van der Waals surface area contributed by atoms with Crippen molar-refractivity contribution in [1.82, 2.24) is 14.9 Å². The zero-order valence-corrected chi connectivity index (χ0v) is 20.5. The molecule has 2 aromatic carbocycles. The van der Waals surface area contributed by atoms with Crippen LogP contribution in [0.25, 0.3) is 0 Å². The molecule has 1 fully saturated rings. The van der Waals surface area contributed by atoms with E-state index in [1.807, 2.05) is 12.1 Å². The van der Waals surface area contributed by atoms with Gasteiger partial charge in [-0.2, -0.15) is 4.98 Å². The number of halogens is 1. The molecule has 0 radical (unpaired) electrons. The van der Waals surface area contributed by atoms with Gasteiger partial charge in [0.1, 0.15) is 0 Å². The molecule has 0 atom stereocenters. The number of benzene rings is 2. The molecule has 0 bridgehead atoms. The van der Waals surface area contributed by atoms with Gasteiger partial charge in [0.2, 0.25) is 16.0 Å². The van der Waals surface area contributed by atoms with E-state index in [0.717, 1.165) is 11.8 Å². The fraction of sp³-hybridized carbons (Fsp3) is 0.273. The van der Waals surface area contributed by atoms with Crippen LogP contribution in [0.15, 0.2) is 53.6 Å². The summed E-state index contributed by atoms with van der Waals surface area (Å²) >= 11 is 0. The van der Waals surface area contributed by atoms with Crippen molar-refractivity contribution in [2.45, 2.75) is 18.4 Å². The second-order valence-electron chi connectivity index (χ2n) is 8.29. The Morgan fingerprint density at radius 2 is 1.71 bits per heavy atom. The Hall–Kier alpha value is -3.13. The summed E-state index contributed by atoms with van der Waals surface area (Å²) in [6.45, 7) is 3.26. The van der Waals surface area contributed by atoms with Crippen LogP contribution in [0, 0.1) is 12.7 Å². The quantitative estimate of drug-likeness (QED) is 0.427. The Kier molecular flexibility index (Phi) is 7.03. The van der Waals surface area contributed by atoms with Crippen LogP contribution in [0.4, 0.5) is 27.5 Å². The van der Waals surface area contributed by atoms with Crippen molar-refractivity contribution < 1.29 is 21.2 Å². The maximum atomic E-state index is 14.4. The van der Waals surface area contributed by atoms with Crippen molar-refractivity contribution in [2.24, 2.45) is 5.14 Å². The van der Waals surface area contributed by atoms with Crippen molar-refractivity contribution in [3.05, 3.63) is 65.6 Å². The third-order valence-corrected chi connectivity index (χ3v) is 8.22. The van der Waals surface area contributed by atoms with E-state index < -0.39 is 25.7 Å². The van der Waals surface area contributed by atoms with Crippen molar-refractivity contribution in [3.8, 4) is 0 Å². The first-order chi connectivity index (χ1) is 16.5. The van der Waals surface area contributed by atoms with E-state index >= 15 is 0 Å². The molecule has 186 valence electrons. The lowest BCUT2D eigenvalue weighted by atomic mass is 10.2. The average Bonchev–Trinajstić information content (AvgIpc) is 2.79. The molecule has 0 amide bonds. The Morgan fingerprint density at radius 3 is 2.37 bits per heavy atom. The summed E-state index contributed by atoms with van der Waals surface area (Å²) in [4.78, 5) is 10.1. The van der Waals surface area contributed by atoms with Crippen LogP contribution in [0.5, 0.6) is 0 Å². The molecule has 1 saturated heterocycles. The SMILES string of the molecule is Cc1ccc(Nc2ncc(F)c(Nc3ccc(CN4CCS(=O)(=O)CC4)cc3)n2)cc1S(N)(=O)=O. The summed E-state index contributed by atoms with van der Waals surface area (Å²) in [7, 11) is -6.83. The number of sulfone groups is 1. The molecule has 4 N–H and O–H groups in total. The zero-order chi connectivity index (χ0) is 25.2. The highest BCUT2D eigenvalue weighted by Crippen LogP contribution is 2.24. The predicted octanol–water partition coefficient (Wildman–Crippen LogP) is 2.29. The van der Waals surface area contributed by atoms with Gasteiger partial charge in [-0.05, 0) is 42.3 Å². The Labute approximate surface area is 203 Å². The fourth-order valence-corrected chi connectivity index (χ4v) is 5.71. The first kappa shape index (κ1) is 25.0. The van der Waals surface area contributed by atoms with Crippen molar-refractivity contribution in [2.75, 3.05) is 35.2 Å². The maximum absolute atomic E-state index is 14.4. The van der Waals surface area contributed by atoms with Crippen LogP contribution < -0.4 is 15.8 Å². The summed E-state index contributed by atoms with van der Waals surface area (Å²) in [6.07, 6.45) is 1.01. The molecule has 0 aliphatic carbocycles. The fourth-order valence-electron chi connectivity index (χ4n) is 3.63. The summed E-state index contributed by atoms with van der Waals surface area (Å²) < 4.78 is 61.0. The van der Waals surface area contributed by atoms with E-state index in [-0.39, 0.29) is 28.2 Å². The first-order valence-corrected chi connectivity index (χ1v) is 14.1. The largest absolute Gasteiger partial charge is 0.338 e. The number of hydrogen-bond acceptors (Lipinski definition) is 9. The topological polar surface area (TPSA) is 147 Å². The highest BCUT2D eigenvalue weighted by Gasteiger charge is 2.21. The van der Waals surface area contributed by atoms with Crippen molar-refractivity contribution in [1.29, 1.82) is 0 Å². The minimum absolute atomic E-state index is 0.0331. The van der Waals surface area contributed by atoms with Gasteiger partial charge in [0.25, 0.3) is 0 Å². The lowest BCUT2D eigenvalue weighted by Crippen LogP contribution is -2.39. The van der Waals surface area contributed by atoms with E-state index in [2.05, 4.69) is 25.5 Å². The normalized spacial score (nSPS) is 16.1. The number of aromatic nitrogens is 2. The van der Waals surface area contributed by atoms with Gasteiger partial charge in [-0.15, -0.1) is 0 Å². The molecule has 1 aliphatic heterocycles. The van der Waals surface area contributed by atoms with Crippen LogP contribution in [-0.4, -0.2) is 56.3 Å². The minimum Gasteiger partial charge on any atom is -0.338 e. The number of sulfonamides is 1. The van der Waals surface area contributed by atoms with Crippen LogP contribution in [0.1, 0.15) is 11.1 Å². The standard InChI is InChI=1S/C22H25FN6O4S2/c1-15-2-5-18(12-20(15)35(24,32)33)27-22-25-13-19(23)21(28-22)26-17-6-3-16(4-7-17)14-29-8-10-34(30,31)11-9-29/h2-7,12-13H,8-11,14H2,1H3,(H2,24,32,33)(H2,25,26,27,28). The highest BCUT2D eigenvalue weighted by molar-refractivity contribution is 7.91. The Bertz CT molecular complexity index is 1430. The minimum atomic E-state index is -3.91. The molecule has 0 unspecified atom stereocenters. The summed E-state index contributed by atoms with van der Waals surface area (Å²) in [6, 6.07) is 11.9. The van der Waals surface area contributed by atoms with Gasteiger partial charge in [0, 0.05) is 31.0 Å². The van der Waals surface area contributed by atoms with Gasteiger partial charge < -0.3 is 10.6 Å². The molecule has 13 heteroatoms. The number of primary sulfonamides is 1. The second-order valence-corrected chi connectivity index (χ2v) is 12.1. The first-order valence-electron chi connectivity index (χ1n) is 10.7. The summed E-state index contributed by atoms with van der Waals surface area (Å²) in [5, 5.41) is 11.0. The van der Waals surface area contributed by atoms with Gasteiger partial charge in [0.05, 0.1) is 22.6 Å². The number of nitrogens with two attached hydrogens (primary N) is 1. The predicted molar refractivity (Wildman–Crippen MR) is 131 cm³/mol. The Morgan fingerprint density at radius 1 is 1.06 bits per heavy atom. The number of nitrogens with zero attached hydrogens (tertiary/aromatic N) is 3. The van der Waals surface area contributed by atoms with Gasteiger partial charge in [-0.3, -0.25) is 4.90 Å². The smallest absolute Gasteiger partial charge is 0.238 e. The maximum Gasteiger partial charge on any atom is 0.238 e. The molecule has 35 heavy (non-hydrogen) atoms. The van der Waals surface area contributed by atoms with Crippen LogP contribution in [0.3, 0.4) is 0 Å². The number of hydrogen-bond donors (Lipinski definition) is 3. The van der Waals surface area contributed by atoms with E-state index in [1.165, 1.54) is 6.07 Å². The monoisotopic (exact) mass is 520 g/mol. The number of nitrogens with one attached hydrogen (secondary N) is 2. The molecule has 2 heterocycles. The van der Waals surface area contributed by atoms with Gasteiger partial charge in [0.15, 0.2) is 21.5 Å². The molecule has 0 spiro atoms. The number of rotatable bonds is 7. The van der Waals surface area contributed by atoms with E-state index in [4.69, 9.17) is 5.14 Å². The van der Waals surface area contributed by atoms with Gasteiger partial charge in [-0.25, -0.2) is 31.3 Å². The van der Waals surface area contributed by atoms with Crippen LogP contribution in [0.2, 0.25) is 0 Å². The number of anilines is 4. The third kappa shape index (κ3) is 6.51. The van der Waals surface area contributed by atoms with E-state index in [9.17, 15) is 21.2 Å². The van der Waals surface area contributed by atoms with Crippen LogP contribution >= 0.6 is 0 Å². The van der Waals surface area contributed by atoms with E-state index in [1.54, 1.807) is 31.2 Å². The van der Waals surface area contributed by atoms with E-state index in [0.29, 0.717) is 36.6 Å². The molecule has 10 nitrogen and oxygen atoms in total. The lowest BCUT2D eigenvalue weighted by Gasteiger charge is -2.26. The summed E-state index contributed by atoms with van der Waals surface area (Å²) in [5.74, 6) is -0.322. The van der Waals surface area contributed by atoms with Gasteiger partial charge in [-0.1, -0.05) is 18.2 Å². The third-order valence-electron chi connectivity index (χ3n) is 5.55. The molecular formula is C22H25FN6O4S2. The second kappa shape index (κ2) is 9.85. The van der Waals surface area contributed by atoms with Crippen molar-refractivity contribution in [3.63, 3.8) is 0 Å². The molecular weight excluding hydrogens is 495 g/mol. The molecule has 4 rings (SSSR count). The average molecular weight is 521 g/mol. The molecule has 1 aromatic heterocycles. The zero-order valence-electron chi connectivity index (χ0n) is 18.9. The van der Waals surface area contributed by atoms with Crippen molar-refractivity contribution >= 4 is 43.0 Å². The lowest BCUT2D eigenvalue weighted by molar-refractivity contribution is 0.287. The number of aryl methyl sites for hydroxylation is 1. The van der Waals surface area contributed by atoms with Gasteiger partial charge >= 0.3 is 0 Å². The molecule has 3 aromatic rings.